The maximum absolute atomic E-state index is 12.6. The van der Waals surface area contributed by atoms with Gasteiger partial charge in [-0.05, 0) is 54.6 Å². The van der Waals surface area contributed by atoms with Crippen LogP contribution in [0.2, 0.25) is 0 Å². The monoisotopic (exact) mass is 457 g/mol. The predicted molar refractivity (Wildman–Crippen MR) is 118 cm³/mol. The van der Waals surface area contributed by atoms with Gasteiger partial charge in [-0.1, -0.05) is 0 Å². The van der Waals surface area contributed by atoms with Crippen LogP contribution in [-0.4, -0.2) is 33.5 Å². The molecule has 2 N–H and O–H groups in total. The number of carbonyl (C=O) groups is 1. The number of ether oxygens (including phenoxy) is 2. The number of anilines is 2. The predicted octanol–water partition coefficient (Wildman–Crippen LogP) is 3.67. The summed E-state index contributed by atoms with van der Waals surface area (Å²) in [6.07, 6.45) is 0. The molecule has 3 aromatic rings. The van der Waals surface area contributed by atoms with Crippen LogP contribution in [0.15, 0.2) is 71.6 Å². The summed E-state index contributed by atoms with van der Waals surface area (Å²) in [5, 5.41) is 13.5. The Morgan fingerprint density at radius 1 is 0.938 bits per heavy atom. The fourth-order valence-corrected chi connectivity index (χ4v) is 3.82. The second-order valence-corrected chi connectivity index (χ2v) is 8.14. The summed E-state index contributed by atoms with van der Waals surface area (Å²) in [4.78, 5) is 23.0. The summed E-state index contributed by atoms with van der Waals surface area (Å²) < 4.78 is 37.6. The third kappa shape index (κ3) is 5.13. The largest absolute Gasteiger partial charge is 0.497 e. The van der Waals surface area contributed by atoms with E-state index in [0.717, 1.165) is 0 Å². The zero-order valence-corrected chi connectivity index (χ0v) is 17.9. The van der Waals surface area contributed by atoms with E-state index in [-0.39, 0.29) is 33.3 Å². The van der Waals surface area contributed by atoms with Crippen molar-refractivity contribution in [3.63, 3.8) is 0 Å². The molecule has 0 aromatic heterocycles. The Kier molecular flexibility index (Phi) is 6.59. The Morgan fingerprint density at radius 3 is 2.16 bits per heavy atom. The standard InChI is InChI=1S/C21H19N3O7S/c1-30-17-8-10-18(11-9-17)32(28,29)23-15-5-3-14(4-6-15)21(25)22-19-13-16(24(26)27)7-12-20(19)31-2/h3-13,23H,1-2H3,(H,22,25). The maximum atomic E-state index is 12.6. The summed E-state index contributed by atoms with van der Waals surface area (Å²) in [7, 11) is -0.972. The Labute approximate surface area is 184 Å². The number of amides is 1. The van der Waals surface area contributed by atoms with Crippen molar-refractivity contribution < 1.29 is 27.6 Å². The van der Waals surface area contributed by atoms with Gasteiger partial charge < -0.3 is 14.8 Å². The van der Waals surface area contributed by atoms with Crippen LogP contribution in [-0.2, 0) is 10.0 Å². The third-order valence-electron chi connectivity index (χ3n) is 4.41. The molecule has 0 fully saturated rings. The molecule has 0 bridgehead atoms. The van der Waals surface area contributed by atoms with Gasteiger partial charge in [0.05, 0.1) is 29.7 Å². The van der Waals surface area contributed by atoms with E-state index in [1.54, 1.807) is 0 Å². The number of methoxy groups -OCH3 is 2. The molecule has 0 saturated carbocycles. The van der Waals surface area contributed by atoms with Crippen molar-refractivity contribution in [1.82, 2.24) is 0 Å². The van der Waals surface area contributed by atoms with E-state index in [4.69, 9.17) is 9.47 Å². The molecule has 0 aliphatic rings. The van der Waals surface area contributed by atoms with Gasteiger partial charge in [0.15, 0.2) is 0 Å². The highest BCUT2D eigenvalue weighted by atomic mass is 32.2. The van der Waals surface area contributed by atoms with E-state index in [1.165, 1.54) is 80.9 Å². The van der Waals surface area contributed by atoms with E-state index in [2.05, 4.69) is 10.0 Å². The summed E-state index contributed by atoms with van der Waals surface area (Å²) >= 11 is 0. The number of nitrogens with one attached hydrogen (secondary N) is 2. The first-order valence-corrected chi connectivity index (χ1v) is 10.6. The molecule has 1 amide bonds. The molecule has 3 rings (SSSR count). The Hall–Kier alpha value is -4.12. The molecule has 3 aromatic carbocycles. The van der Waals surface area contributed by atoms with Crippen molar-refractivity contribution in [3.05, 3.63) is 82.4 Å². The minimum Gasteiger partial charge on any atom is -0.497 e. The van der Waals surface area contributed by atoms with E-state index >= 15 is 0 Å². The van der Waals surface area contributed by atoms with Crippen LogP contribution < -0.4 is 19.5 Å². The summed E-state index contributed by atoms with van der Waals surface area (Å²) in [5.74, 6) is 0.237. The van der Waals surface area contributed by atoms with Crippen molar-refractivity contribution >= 4 is 33.0 Å². The lowest BCUT2D eigenvalue weighted by Crippen LogP contribution is -2.14. The number of benzene rings is 3. The van der Waals surface area contributed by atoms with Crippen LogP contribution in [0.3, 0.4) is 0 Å². The first kappa shape index (κ1) is 22.6. The normalized spacial score (nSPS) is 10.8. The average Bonchev–Trinajstić information content (AvgIpc) is 2.79. The minimum atomic E-state index is -3.83. The van der Waals surface area contributed by atoms with Gasteiger partial charge in [-0.2, -0.15) is 0 Å². The fraction of sp³-hybridized carbons (Fsp3) is 0.0952. The van der Waals surface area contributed by atoms with Gasteiger partial charge in [0.2, 0.25) is 0 Å². The summed E-state index contributed by atoms with van der Waals surface area (Å²) in [5.41, 5.74) is 0.400. The quantitative estimate of drug-likeness (QED) is 0.389. The first-order valence-electron chi connectivity index (χ1n) is 9.14. The molecule has 0 heterocycles. The molecule has 166 valence electrons. The van der Waals surface area contributed by atoms with Crippen LogP contribution >= 0.6 is 0 Å². The van der Waals surface area contributed by atoms with Gasteiger partial charge >= 0.3 is 0 Å². The third-order valence-corrected chi connectivity index (χ3v) is 5.81. The van der Waals surface area contributed by atoms with Crippen molar-refractivity contribution in [2.24, 2.45) is 0 Å². The number of hydrogen-bond acceptors (Lipinski definition) is 7. The highest BCUT2D eigenvalue weighted by Gasteiger charge is 2.17. The van der Waals surface area contributed by atoms with Gasteiger partial charge in [-0.3, -0.25) is 19.6 Å². The fourth-order valence-electron chi connectivity index (χ4n) is 2.76. The second-order valence-electron chi connectivity index (χ2n) is 6.45. The number of sulfonamides is 1. The second kappa shape index (κ2) is 9.35. The highest BCUT2D eigenvalue weighted by Crippen LogP contribution is 2.29. The van der Waals surface area contributed by atoms with E-state index in [9.17, 15) is 23.3 Å². The van der Waals surface area contributed by atoms with Crippen molar-refractivity contribution in [1.29, 1.82) is 0 Å². The molecule has 0 radical (unpaired) electrons. The summed E-state index contributed by atoms with van der Waals surface area (Å²) in [6, 6.07) is 15.4. The van der Waals surface area contributed by atoms with Gasteiger partial charge in [0.25, 0.3) is 21.6 Å². The molecule has 0 aliphatic carbocycles. The summed E-state index contributed by atoms with van der Waals surface area (Å²) in [6.45, 7) is 0. The topological polar surface area (TPSA) is 137 Å². The van der Waals surface area contributed by atoms with Crippen LogP contribution in [0.1, 0.15) is 10.4 Å². The SMILES string of the molecule is COc1ccc(S(=O)(=O)Nc2ccc(C(=O)Nc3cc([N+](=O)[O-])ccc3OC)cc2)cc1. The molecule has 0 aliphatic heterocycles. The molecular formula is C21H19N3O7S. The molecule has 11 heteroatoms. The lowest BCUT2D eigenvalue weighted by atomic mass is 10.2. The number of non-ortho nitro benzene ring substituents is 1. The van der Waals surface area contributed by atoms with Gasteiger partial charge in [0.1, 0.15) is 11.5 Å². The molecule has 0 unspecified atom stereocenters. The zero-order chi connectivity index (χ0) is 23.3. The number of nitrogens with zero attached hydrogens (tertiary/aromatic N) is 1. The maximum Gasteiger partial charge on any atom is 0.271 e. The van der Waals surface area contributed by atoms with Gasteiger partial charge in [-0.15, -0.1) is 0 Å². The lowest BCUT2D eigenvalue weighted by molar-refractivity contribution is -0.384. The van der Waals surface area contributed by atoms with E-state index in [0.29, 0.717) is 5.75 Å². The molecule has 0 spiro atoms. The number of carbonyl (C=O) groups excluding carboxylic acids is 1. The Morgan fingerprint density at radius 2 is 1.59 bits per heavy atom. The molecule has 32 heavy (non-hydrogen) atoms. The van der Waals surface area contributed by atoms with E-state index < -0.39 is 20.9 Å². The molecule has 10 nitrogen and oxygen atoms in total. The minimum absolute atomic E-state index is 0.0536. The average molecular weight is 457 g/mol. The Bertz CT molecular complexity index is 1240. The number of nitro groups is 1. The molecule has 0 saturated heterocycles. The number of hydrogen-bond donors (Lipinski definition) is 2. The number of nitro benzene ring substituents is 1. The molecule has 0 atom stereocenters. The number of rotatable bonds is 8. The van der Waals surface area contributed by atoms with Crippen molar-refractivity contribution in [2.45, 2.75) is 4.90 Å². The lowest BCUT2D eigenvalue weighted by Gasteiger charge is -2.11. The van der Waals surface area contributed by atoms with Crippen LogP contribution in [0.5, 0.6) is 11.5 Å². The first-order chi connectivity index (χ1) is 15.2. The van der Waals surface area contributed by atoms with E-state index in [1.807, 2.05) is 0 Å². The highest BCUT2D eigenvalue weighted by molar-refractivity contribution is 7.92. The van der Waals surface area contributed by atoms with Gasteiger partial charge in [-0.25, -0.2) is 8.42 Å². The van der Waals surface area contributed by atoms with Crippen molar-refractivity contribution in [3.8, 4) is 11.5 Å². The molecular weight excluding hydrogens is 438 g/mol. The smallest absolute Gasteiger partial charge is 0.271 e. The van der Waals surface area contributed by atoms with Gasteiger partial charge in [0, 0.05) is 23.4 Å². The Balaban J connectivity index is 1.74. The van der Waals surface area contributed by atoms with Crippen LogP contribution in [0.4, 0.5) is 17.1 Å². The zero-order valence-electron chi connectivity index (χ0n) is 17.1. The van der Waals surface area contributed by atoms with Crippen LogP contribution in [0, 0.1) is 10.1 Å². The van der Waals surface area contributed by atoms with Crippen molar-refractivity contribution in [2.75, 3.05) is 24.3 Å². The van der Waals surface area contributed by atoms with Crippen LogP contribution in [0.25, 0.3) is 0 Å².